The normalized spacial score (nSPS) is 14.8. The maximum absolute atomic E-state index is 3.47. The van der Waals surface area contributed by atoms with E-state index in [2.05, 4.69) is 51.9 Å². The molecule has 0 aromatic heterocycles. The van der Waals surface area contributed by atoms with Gasteiger partial charge >= 0.3 is 0 Å². The van der Waals surface area contributed by atoms with Crippen molar-refractivity contribution in [3.8, 4) is 0 Å². The maximum Gasteiger partial charge on any atom is 0.0194 e. The van der Waals surface area contributed by atoms with Crippen LogP contribution in [0.25, 0.3) is 0 Å². The van der Waals surface area contributed by atoms with E-state index in [1.165, 1.54) is 12.8 Å². The minimum Gasteiger partial charge on any atom is -0.315 e. The van der Waals surface area contributed by atoms with E-state index in [0.717, 1.165) is 13.1 Å². The van der Waals surface area contributed by atoms with Crippen molar-refractivity contribution in [2.75, 3.05) is 20.1 Å². The standard InChI is InChI=1S/C12H28N2/c1-7-9-13-10-11(3)14(6)12(4,5)8-2/h11,13H,7-10H2,1-6H3. The van der Waals surface area contributed by atoms with Crippen LogP contribution in [0.1, 0.15) is 47.5 Å². The van der Waals surface area contributed by atoms with Gasteiger partial charge in [-0.2, -0.15) is 0 Å². The van der Waals surface area contributed by atoms with Crippen LogP contribution in [0.15, 0.2) is 0 Å². The Morgan fingerprint density at radius 1 is 1.29 bits per heavy atom. The fourth-order valence-corrected chi connectivity index (χ4v) is 1.47. The molecule has 0 aromatic rings. The van der Waals surface area contributed by atoms with Gasteiger partial charge in [0.2, 0.25) is 0 Å². The first-order chi connectivity index (χ1) is 6.45. The second-order valence-corrected chi connectivity index (χ2v) is 4.83. The molecule has 2 heteroatoms. The third kappa shape index (κ3) is 4.43. The van der Waals surface area contributed by atoms with Gasteiger partial charge in [0.15, 0.2) is 0 Å². The molecule has 0 bridgehead atoms. The van der Waals surface area contributed by atoms with E-state index >= 15 is 0 Å². The number of nitrogens with zero attached hydrogens (tertiary/aromatic N) is 1. The summed E-state index contributed by atoms with van der Waals surface area (Å²) in [5.41, 5.74) is 0.313. The first-order valence-electron chi connectivity index (χ1n) is 5.89. The van der Waals surface area contributed by atoms with Crippen molar-refractivity contribution in [3.63, 3.8) is 0 Å². The average Bonchev–Trinajstić information content (AvgIpc) is 2.17. The number of hydrogen-bond acceptors (Lipinski definition) is 2. The van der Waals surface area contributed by atoms with E-state index in [4.69, 9.17) is 0 Å². The molecule has 0 aliphatic carbocycles. The summed E-state index contributed by atoms with van der Waals surface area (Å²) in [5, 5.41) is 3.47. The second-order valence-electron chi connectivity index (χ2n) is 4.83. The molecule has 0 spiro atoms. The molecule has 0 aliphatic heterocycles. The van der Waals surface area contributed by atoms with Gasteiger partial charge in [0.1, 0.15) is 0 Å². The molecule has 0 fully saturated rings. The predicted octanol–water partition coefficient (Wildman–Crippen LogP) is 2.49. The van der Waals surface area contributed by atoms with Crippen molar-refractivity contribution in [1.82, 2.24) is 10.2 Å². The van der Waals surface area contributed by atoms with Crippen LogP contribution in [0.3, 0.4) is 0 Å². The lowest BCUT2D eigenvalue weighted by Crippen LogP contribution is -2.49. The summed E-state index contributed by atoms with van der Waals surface area (Å²) in [5.74, 6) is 0. The van der Waals surface area contributed by atoms with Crippen LogP contribution in [0.2, 0.25) is 0 Å². The van der Waals surface area contributed by atoms with Crippen molar-refractivity contribution < 1.29 is 0 Å². The fraction of sp³-hybridized carbons (Fsp3) is 1.00. The summed E-state index contributed by atoms with van der Waals surface area (Å²) in [6.07, 6.45) is 2.41. The Morgan fingerprint density at radius 3 is 2.29 bits per heavy atom. The Kier molecular flexibility index (Phi) is 6.38. The van der Waals surface area contributed by atoms with Gasteiger partial charge in [-0.25, -0.2) is 0 Å². The maximum atomic E-state index is 3.47. The smallest absolute Gasteiger partial charge is 0.0194 e. The molecular formula is C12H28N2. The molecule has 1 atom stereocenters. The van der Waals surface area contributed by atoms with Crippen LogP contribution in [0.4, 0.5) is 0 Å². The number of hydrogen-bond donors (Lipinski definition) is 1. The van der Waals surface area contributed by atoms with Gasteiger partial charge in [0.05, 0.1) is 0 Å². The minimum absolute atomic E-state index is 0.313. The molecule has 0 saturated heterocycles. The molecule has 86 valence electrons. The lowest BCUT2D eigenvalue weighted by Gasteiger charge is -2.39. The monoisotopic (exact) mass is 200 g/mol. The molecule has 0 amide bonds. The molecule has 0 saturated carbocycles. The van der Waals surface area contributed by atoms with Gasteiger partial charge in [-0.3, -0.25) is 4.90 Å². The first-order valence-corrected chi connectivity index (χ1v) is 5.89. The largest absolute Gasteiger partial charge is 0.315 e. The lowest BCUT2D eigenvalue weighted by atomic mass is 9.98. The van der Waals surface area contributed by atoms with E-state index in [0.29, 0.717) is 11.6 Å². The van der Waals surface area contributed by atoms with E-state index < -0.39 is 0 Å². The van der Waals surface area contributed by atoms with Gasteiger partial charge in [0.25, 0.3) is 0 Å². The third-order valence-electron chi connectivity index (χ3n) is 3.35. The molecular weight excluding hydrogens is 172 g/mol. The number of rotatable bonds is 7. The predicted molar refractivity (Wildman–Crippen MR) is 64.8 cm³/mol. The number of nitrogens with one attached hydrogen (secondary N) is 1. The molecule has 0 aliphatic rings. The highest BCUT2D eigenvalue weighted by Crippen LogP contribution is 2.18. The highest BCUT2D eigenvalue weighted by atomic mass is 15.2. The summed E-state index contributed by atoms with van der Waals surface area (Å²) in [6, 6.07) is 0.608. The molecule has 0 radical (unpaired) electrons. The average molecular weight is 200 g/mol. The van der Waals surface area contributed by atoms with Gasteiger partial charge in [-0.15, -0.1) is 0 Å². The lowest BCUT2D eigenvalue weighted by molar-refractivity contribution is 0.105. The van der Waals surface area contributed by atoms with Crippen LogP contribution in [-0.4, -0.2) is 36.6 Å². The van der Waals surface area contributed by atoms with Crippen LogP contribution in [0, 0.1) is 0 Å². The van der Waals surface area contributed by atoms with Crippen molar-refractivity contribution >= 4 is 0 Å². The minimum atomic E-state index is 0.313. The number of likely N-dealkylation sites (N-methyl/N-ethyl adjacent to an activating group) is 1. The Labute approximate surface area is 90.1 Å². The molecule has 0 rings (SSSR count). The Balaban J connectivity index is 3.92. The zero-order valence-corrected chi connectivity index (χ0v) is 10.9. The summed E-state index contributed by atoms with van der Waals surface area (Å²) >= 11 is 0. The van der Waals surface area contributed by atoms with Crippen LogP contribution >= 0.6 is 0 Å². The molecule has 14 heavy (non-hydrogen) atoms. The quantitative estimate of drug-likeness (QED) is 0.635. The first kappa shape index (κ1) is 13.9. The van der Waals surface area contributed by atoms with E-state index in [1.807, 2.05) is 0 Å². The van der Waals surface area contributed by atoms with Gasteiger partial charge < -0.3 is 5.32 Å². The van der Waals surface area contributed by atoms with Crippen LogP contribution < -0.4 is 5.32 Å². The van der Waals surface area contributed by atoms with Crippen LogP contribution in [-0.2, 0) is 0 Å². The van der Waals surface area contributed by atoms with Gasteiger partial charge in [-0.1, -0.05) is 13.8 Å². The van der Waals surface area contributed by atoms with Crippen molar-refractivity contribution in [2.45, 2.75) is 59.0 Å². The topological polar surface area (TPSA) is 15.3 Å². The molecule has 1 unspecified atom stereocenters. The van der Waals surface area contributed by atoms with E-state index in [9.17, 15) is 0 Å². The highest BCUT2D eigenvalue weighted by Gasteiger charge is 2.24. The zero-order valence-electron chi connectivity index (χ0n) is 10.9. The van der Waals surface area contributed by atoms with Crippen LogP contribution in [0.5, 0.6) is 0 Å². The summed E-state index contributed by atoms with van der Waals surface area (Å²) in [6.45, 7) is 13.6. The van der Waals surface area contributed by atoms with E-state index in [1.54, 1.807) is 0 Å². The zero-order chi connectivity index (χ0) is 11.2. The molecule has 0 aromatic carbocycles. The fourth-order valence-electron chi connectivity index (χ4n) is 1.47. The highest BCUT2D eigenvalue weighted by molar-refractivity contribution is 4.81. The van der Waals surface area contributed by atoms with Gasteiger partial charge in [0, 0.05) is 18.1 Å². The van der Waals surface area contributed by atoms with Gasteiger partial charge in [-0.05, 0) is 47.2 Å². The van der Waals surface area contributed by atoms with Crippen molar-refractivity contribution in [1.29, 1.82) is 0 Å². The van der Waals surface area contributed by atoms with E-state index in [-0.39, 0.29) is 0 Å². The molecule has 2 nitrogen and oxygen atoms in total. The molecule has 0 heterocycles. The Morgan fingerprint density at radius 2 is 1.86 bits per heavy atom. The summed E-state index contributed by atoms with van der Waals surface area (Å²) in [7, 11) is 2.22. The Hall–Kier alpha value is -0.0800. The van der Waals surface area contributed by atoms with Crippen molar-refractivity contribution in [3.05, 3.63) is 0 Å². The third-order valence-corrected chi connectivity index (χ3v) is 3.35. The second kappa shape index (κ2) is 6.41. The van der Waals surface area contributed by atoms with Crippen molar-refractivity contribution in [2.24, 2.45) is 0 Å². The summed E-state index contributed by atoms with van der Waals surface area (Å²) < 4.78 is 0. The summed E-state index contributed by atoms with van der Waals surface area (Å²) in [4.78, 5) is 2.47. The SMILES string of the molecule is CCCNCC(C)N(C)C(C)(C)CC. The Bertz CT molecular complexity index is 143. The molecule has 1 N–H and O–H groups in total.